The van der Waals surface area contributed by atoms with Gasteiger partial charge in [0.15, 0.2) is 0 Å². The van der Waals surface area contributed by atoms with E-state index in [2.05, 4.69) is 5.32 Å². The van der Waals surface area contributed by atoms with Gasteiger partial charge in [0.2, 0.25) is 0 Å². The highest BCUT2D eigenvalue weighted by atomic mass is 16.5. The van der Waals surface area contributed by atoms with Crippen molar-refractivity contribution < 1.29 is 9.53 Å². The Hall–Kier alpha value is -2.29. The molecule has 19 heavy (non-hydrogen) atoms. The van der Waals surface area contributed by atoms with Gasteiger partial charge >= 0.3 is 0 Å². The van der Waals surface area contributed by atoms with Crippen LogP contribution in [0, 0.1) is 0 Å². The van der Waals surface area contributed by atoms with E-state index in [4.69, 9.17) is 4.74 Å². The lowest BCUT2D eigenvalue weighted by Crippen LogP contribution is -2.26. The minimum absolute atomic E-state index is 0.0668. The number of ether oxygens (including phenoxy) is 1. The van der Waals surface area contributed by atoms with Crippen molar-refractivity contribution in [2.75, 3.05) is 7.11 Å². The number of methoxy groups -OCH3 is 1. The van der Waals surface area contributed by atoms with Crippen LogP contribution in [0.15, 0.2) is 54.6 Å². The van der Waals surface area contributed by atoms with E-state index < -0.39 is 0 Å². The third kappa shape index (κ3) is 3.35. The van der Waals surface area contributed by atoms with Gasteiger partial charge in [-0.15, -0.1) is 0 Å². The average Bonchev–Trinajstić information content (AvgIpc) is 2.48. The van der Waals surface area contributed by atoms with Crippen LogP contribution >= 0.6 is 0 Å². The van der Waals surface area contributed by atoms with E-state index >= 15 is 0 Å². The molecule has 0 bridgehead atoms. The molecule has 0 aliphatic rings. The lowest BCUT2D eigenvalue weighted by molar-refractivity contribution is 0.0940. The molecular weight excluding hydrogens is 238 g/mol. The minimum atomic E-state index is -0.0732. The van der Waals surface area contributed by atoms with Crippen molar-refractivity contribution in [3.8, 4) is 5.75 Å². The van der Waals surface area contributed by atoms with Crippen molar-refractivity contribution in [3.05, 3.63) is 65.7 Å². The predicted octanol–water partition coefficient (Wildman–Crippen LogP) is 3.19. The maximum Gasteiger partial charge on any atom is 0.251 e. The van der Waals surface area contributed by atoms with Crippen molar-refractivity contribution in [1.82, 2.24) is 5.32 Å². The maximum absolute atomic E-state index is 12.0. The normalized spacial score (nSPS) is 11.7. The quantitative estimate of drug-likeness (QED) is 0.911. The van der Waals surface area contributed by atoms with Gasteiger partial charge in [0.25, 0.3) is 5.91 Å². The van der Waals surface area contributed by atoms with E-state index in [9.17, 15) is 4.79 Å². The third-order valence-electron chi connectivity index (χ3n) is 2.98. The van der Waals surface area contributed by atoms with Crippen LogP contribution in [0.3, 0.4) is 0 Å². The molecule has 98 valence electrons. The molecule has 2 aromatic carbocycles. The first kappa shape index (κ1) is 13.1. The van der Waals surface area contributed by atoms with Crippen LogP contribution in [0.25, 0.3) is 0 Å². The van der Waals surface area contributed by atoms with Gasteiger partial charge in [0.05, 0.1) is 13.2 Å². The Kier molecular flexibility index (Phi) is 4.18. The van der Waals surface area contributed by atoms with E-state index in [1.54, 1.807) is 19.2 Å². The Morgan fingerprint density at radius 3 is 2.53 bits per heavy atom. The smallest absolute Gasteiger partial charge is 0.251 e. The summed E-state index contributed by atoms with van der Waals surface area (Å²) in [6.07, 6.45) is 0. The zero-order valence-corrected chi connectivity index (χ0v) is 11.1. The van der Waals surface area contributed by atoms with Gasteiger partial charge in [-0.3, -0.25) is 4.79 Å². The summed E-state index contributed by atoms with van der Waals surface area (Å²) in [7, 11) is 1.63. The monoisotopic (exact) mass is 255 g/mol. The fourth-order valence-corrected chi connectivity index (χ4v) is 1.86. The van der Waals surface area contributed by atoms with Crippen LogP contribution in [-0.2, 0) is 0 Å². The SMILES string of the molecule is COc1cccc([C@@H](C)NC(=O)c2ccccc2)c1. The maximum atomic E-state index is 12.0. The van der Waals surface area contributed by atoms with Crippen molar-refractivity contribution >= 4 is 5.91 Å². The number of nitrogens with one attached hydrogen (secondary N) is 1. The number of amides is 1. The van der Waals surface area contributed by atoms with E-state index in [0.717, 1.165) is 11.3 Å². The van der Waals surface area contributed by atoms with Gasteiger partial charge in [-0.2, -0.15) is 0 Å². The zero-order chi connectivity index (χ0) is 13.7. The Labute approximate surface area is 113 Å². The number of benzene rings is 2. The molecule has 2 rings (SSSR count). The summed E-state index contributed by atoms with van der Waals surface area (Å²) in [5.41, 5.74) is 1.68. The molecule has 0 heterocycles. The molecule has 1 N–H and O–H groups in total. The Balaban J connectivity index is 2.08. The molecule has 0 spiro atoms. The summed E-state index contributed by atoms with van der Waals surface area (Å²) < 4.78 is 5.18. The molecule has 0 aliphatic heterocycles. The first-order chi connectivity index (χ1) is 9.20. The molecule has 0 saturated carbocycles. The third-order valence-corrected chi connectivity index (χ3v) is 2.98. The van der Waals surface area contributed by atoms with Gasteiger partial charge in [-0.25, -0.2) is 0 Å². The molecule has 1 atom stereocenters. The molecule has 2 aromatic rings. The molecule has 0 unspecified atom stereocenters. The van der Waals surface area contributed by atoms with Gasteiger partial charge in [-0.1, -0.05) is 30.3 Å². The highest BCUT2D eigenvalue weighted by Gasteiger charge is 2.11. The van der Waals surface area contributed by atoms with Gasteiger partial charge < -0.3 is 10.1 Å². The van der Waals surface area contributed by atoms with E-state index in [0.29, 0.717) is 5.56 Å². The van der Waals surface area contributed by atoms with Crippen molar-refractivity contribution in [2.24, 2.45) is 0 Å². The Bertz CT molecular complexity index is 552. The fraction of sp³-hybridized carbons (Fsp3) is 0.188. The van der Waals surface area contributed by atoms with Gasteiger partial charge in [0.1, 0.15) is 5.75 Å². The molecule has 0 fully saturated rings. The number of hydrogen-bond acceptors (Lipinski definition) is 2. The minimum Gasteiger partial charge on any atom is -0.497 e. The van der Waals surface area contributed by atoms with E-state index in [-0.39, 0.29) is 11.9 Å². The standard InChI is InChI=1S/C16H17NO2/c1-12(14-9-6-10-15(11-14)19-2)17-16(18)13-7-4-3-5-8-13/h3-12H,1-2H3,(H,17,18)/t12-/m1/s1. The summed E-state index contributed by atoms with van der Waals surface area (Å²) >= 11 is 0. The number of carbonyl (C=O) groups is 1. The first-order valence-corrected chi connectivity index (χ1v) is 6.20. The summed E-state index contributed by atoms with van der Waals surface area (Å²) in [5, 5.41) is 2.97. The largest absolute Gasteiger partial charge is 0.497 e. The van der Waals surface area contributed by atoms with E-state index in [1.165, 1.54) is 0 Å². The molecule has 0 aliphatic carbocycles. The second-order valence-electron chi connectivity index (χ2n) is 4.34. The van der Waals surface area contributed by atoms with E-state index in [1.807, 2.05) is 49.4 Å². The second-order valence-corrected chi connectivity index (χ2v) is 4.34. The molecule has 0 saturated heterocycles. The Morgan fingerprint density at radius 1 is 1.11 bits per heavy atom. The van der Waals surface area contributed by atoms with Crippen molar-refractivity contribution in [3.63, 3.8) is 0 Å². The summed E-state index contributed by atoms with van der Waals surface area (Å²) in [6, 6.07) is 16.8. The van der Waals surface area contributed by atoms with Crippen molar-refractivity contribution in [2.45, 2.75) is 13.0 Å². The van der Waals surface area contributed by atoms with Crippen LogP contribution in [0.5, 0.6) is 5.75 Å². The molecule has 3 nitrogen and oxygen atoms in total. The van der Waals surface area contributed by atoms with Gasteiger partial charge in [-0.05, 0) is 36.8 Å². The lowest BCUT2D eigenvalue weighted by Gasteiger charge is -2.15. The number of hydrogen-bond donors (Lipinski definition) is 1. The molecule has 0 aromatic heterocycles. The summed E-state index contributed by atoms with van der Waals surface area (Å²) in [6.45, 7) is 1.95. The average molecular weight is 255 g/mol. The fourth-order valence-electron chi connectivity index (χ4n) is 1.86. The lowest BCUT2D eigenvalue weighted by atomic mass is 10.1. The molecule has 0 radical (unpaired) electrons. The highest BCUT2D eigenvalue weighted by molar-refractivity contribution is 5.94. The number of carbonyl (C=O) groups excluding carboxylic acids is 1. The molecule has 1 amide bonds. The predicted molar refractivity (Wildman–Crippen MR) is 75.3 cm³/mol. The van der Waals surface area contributed by atoms with Crippen LogP contribution in [-0.4, -0.2) is 13.0 Å². The van der Waals surface area contributed by atoms with Crippen LogP contribution in [0.4, 0.5) is 0 Å². The zero-order valence-electron chi connectivity index (χ0n) is 11.1. The van der Waals surface area contributed by atoms with Crippen LogP contribution < -0.4 is 10.1 Å². The van der Waals surface area contributed by atoms with Crippen molar-refractivity contribution in [1.29, 1.82) is 0 Å². The Morgan fingerprint density at radius 2 is 1.84 bits per heavy atom. The topological polar surface area (TPSA) is 38.3 Å². The van der Waals surface area contributed by atoms with Crippen LogP contribution in [0.1, 0.15) is 28.9 Å². The molecule has 3 heteroatoms. The molecular formula is C16H17NO2. The summed E-state index contributed by atoms with van der Waals surface area (Å²) in [4.78, 5) is 12.0. The van der Waals surface area contributed by atoms with Gasteiger partial charge in [0, 0.05) is 5.56 Å². The highest BCUT2D eigenvalue weighted by Crippen LogP contribution is 2.19. The first-order valence-electron chi connectivity index (χ1n) is 6.20. The summed E-state index contributed by atoms with van der Waals surface area (Å²) in [5.74, 6) is 0.717. The number of rotatable bonds is 4. The van der Waals surface area contributed by atoms with Crippen LogP contribution in [0.2, 0.25) is 0 Å². The second kappa shape index (κ2) is 6.05.